The summed E-state index contributed by atoms with van der Waals surface area (Å²) in [4.78, 5) is 14.8. The molecular weight excluding hydrogens is 266 g/mol. The van der Waals surface area contributed by atoms with Crippen molar-refractivity contribution >= 4 is 11.4 Å². The average molecular weight is 285 g/mol. The summed E-state index contributed by atoms with van der Waals surface area (Å²) >= 11 is 0. The Morgan fingerprint density at radius 3 is 2.38 bits per heavy atom. The van der Waals surface area contributed by atoms with Gasteiger partial charge in [-0.05, 0) is 36.6 Å². The third kappa shape index (κ3) is 3.56. The second-order valence-electron chi connectivity index (χ2n) is 5.38. The molecule has 1 unspecified atom stereocenters. The van der Waals surface area contributed by atoms with Gasteiger partial charge in [0, 0.05) is 24.0 Å². The molecule has 2 aromatic rings. The minimum atomic E-state index is -0.396. The highest BCUT2D eigenvalue weighted by Crippen LogP contribution is 2.28. The zero-order chi connectivity index (χ0) is 15.4. The summed E-state index contributed by atoms with van der Waals surface area (Å²) in [5, 5.41) is 14.1. The predicted octanol–water partition coefficient (Wildman–Crippen LogP) is 4.11. The van der Waals surface area contributed by atoms with Crippen molar-refractivity contribution in [2.75, 3.05) is 5.32 Å². The molecule has 1 aromatic carbocycles. The highest BCUT2D eigenvalue weighted by Gasteiger charge is 2.19. The maximum Gasteiger partial charge on any atom is 0.269 e. The largest absolute Gasteiger partial charge is 0.376 e. The van der Waals surface area contributed by atoms with Crippen molar-refractivity contribution in [1.82, 2.24) is 4.98 Å². The monoisotopic (exact) mass is 285 g/mol. The van der Waals surface area contributed by atoms with Gasteiger partial charge in [-0.3, -0.25) is 15.1 Å². The molecule has 5 nitrogen and oxygen atoms in total. The molecular formula is C16H19N3O2. The maximum atomic E-state index is 10.7. The molecule has 0 radical (unpaired) electrons. The molecule has 1 atom stereocenters. The summed E-state index contributed by atoms with van der Waals surface area (Å²) in [6, 6.07) is 10.5. The van der Waals surface area contributed by atoms with Crippen LogP contribution in [0, 0.1) is 23.0 Å². The Morgan fingerprint density at radius 2 is 1.86 bits per heavy atom. The Balaban J connectivity index is 2.25. The van der Waals surface area contributed by atoms with E-state index in [2.05, 4.69) is 24.1 Å². The number of nitro groups is 1. The number of hydrogen-bond acceptors (Lipinski definition) is 4. The molecule has 1 heterocycles. The maximum absolute atomic E-state index is 10.7. The second kappa shape index (κ2) is 6.35. The third-order valence-electron chi connectivity index (χ3n) is 3.41. The third-order valence-corrected chi connectivity index (χ3v) is 3.41. The first-order valence-corrected chi connectivity index (χ1v) is 6.91. The highest BCUT2D eigenvalue weighted by atomic mass is 16.6. The predicted molar refractivity (Wildman–Crippen MR) is 83.3 cm³/mol. The van der Waals surface area contributed by atoms with Crippen LogP contribution in [0.1, 0.15) is 31.1 Å². The van der Waals surface area contributed by atoms with E-state index in [1.54, 1.807) is 18.3 Å². The number of aryl methyl sites for hydroxylation is 1. The number of hydrogen-bond donors (Lipinski definition) is 1. The van der Waals surface area contributed by atoms with Crippen LogP contribution in [-0.2, 0) is 0 Å². The smallest absolute Gasteiger partial charge is 0.269 e. The van der Waals surface area contributed by atoms with Gasteiger partial charge in [0.05, 0.1) is 16.7 Å². The Labute approximate surface area is 124 Å². The standard InChI is InChI=1S/C16H19N3O2/c1-11(2)15(16-12(3)5-4-10-17-16)18-13-6-8-14(9-7-13)19(20)21/h4-11,15,18H,1-3H3. The molecule has 0 fully saturated rings. The van der Waals surface area contributed by atoms with Crippen LogP contribution in [0.5, 0.6) is 0 Å². The van der Waals surface area contributed by atoms with Crippen molar-refractivity contribution in [2.24, 2.45) is 5.92 Å². The van der Waals surface area contributed by atoms with Crippen LogP contribution in [0.4, 0.5) is 11.4 Å². The molecule has 0 amide bonds. The van der Waals surface area contributed by atoms with Crippen LogP contribution in [0.3, 0.4) is 0 Å². The number of benzene rings is 1. The summed E-state index contributed by atoms with van der Waals surface area (Å²) in [5.74, 6) is 0.341. The van der Waals surface area contributed by atoms with E-state index in [9.17, 15) is 10.1 Å². The van der Waals surface area contributed by atoms with Gasteiger partial charge in [0.1, 0.15) is 0 Å². The van der Waals surface area contributed by atoms with Crippen molar-refractivity contribution in [1.29, 1.82) is 0 Å². The summed E-state index contributed by atoms with van der Waals surface area (Å²) in [6.45, 7) is 6.28. The minimum Gasteiger partial charge on any atom is -0.376 e. The van der Waals surface area contributed by atoms with Gasteiger partial charge in [-0.2, -0.15) is 0 Å². The van der Waals surface area contributed by atoms with Crippen molar-refractivity contribution < 1.29 is 4.92 Å². The van der Waals surface area contributed by atoms with E-state index >= 15 is 0 Å². The lowest BCUT2D eigenvalue weighted by Crippen LogP contribution is -2.19. The molecule has 0 saturated heterocycles. The Morgan fingerprint density at radius 1 is 1.19 bits per heavy atom. The second-order valence-corrected chi connectivity index (χ2v) is 5.38. The first-order chi connectivity index (χ1) is 9.99. The summed E-state index contributed by atoms with van der Waals surface area (Å²) < 4.78 is 0. The first kappa shape index (κ1) is 15.0. The Kier molecular flexibility index (Phi) is 4.52. The number of non-ortho nitro benzene ring substituents is 1. The number of pyridine rings is 1. The number of aromatic nitrogens is 1. The summed E-state index contributed by atoms with van der Waals surface area (Å²) in [6.07, 6.45) is 1.79. The summed E-state index contributed by atoms with van der Waals surface area (Å²) in [5.41, 5.74) is 3.08. The van der Waals surface area contributed by atoms with Crippen LogP contribution >= 0.6 is 0 Å². The Hall–Kier alpha value is -2.43. The van der Waals surface area contributed by atoms with Gasteiger partial charge in [0.2, 0.25) is 0 Å². The molecule has 0 aliphatic rings. The van der Waals surface area contributed by atoms with Gasteiger partial charge in [-0.15, -0.1) is 0 Å². The van der Waals surface area contributed by atoms with E-state index in [0.29, 0.717) is 5.92 Å². The van der Waals surface area contributed by atoms with Gasteiger partial charge in [-0.25, -0.2) is 0 Å². The fraction of sp³-hybridized carbons (Fsp3) is 0.312. The lowest BCUT2D eigenvalue weighted by Gasteiger charge is -2.24. The number of nitro benzene ring substituents is 1. The van der Waals surface area contributed by atoms with Crippen molar-refractivity contribution in [3.63, 3.8) is 0 Å². The van der Waals surface area contributed by atoms with Crippen LogP contribution in [0.2, 0.25) is 0 Å². The van der Waals surface area contributed by atoms with E-state index in [0.717, 1.165) is 16.9 Å². The van der Waals surface area contributed by atoms with Crippen molar-refractivity contribution in [3.8, 4) is 0 Å². The number of nitrogens with one attached hydrogen (secondary N) is 1. The molecule has 110 valence electrons. The lowest BCUT2D eigenvalue weighted by atomic mass is 9.97. The molecule has 0 saturated carbocycles. The van der Waals surface area contributed by atoms with E-state index in [1.807, 2.05) is 19.1 Å². The molecule has 1 N–H and O–H groups in total. The number of rotatable bonds is 5. The lowest BCUT2D eigenvalue weighted by molar-refractivity contribution is -0.384. The van der Waals surface area contributed by atoms with E-state index in [-0.39, 0.29) is 11.7 Å². The number of anilines is 1. The van der Waals surface area contributed by atoms with Crippen LogP contribution in [0.15, 0.2) is 42.6 Å². The first-order valence-electron chi connectivity index (χ1n) is 6.91. The number of nitrogens with zero attached hydrogens (tertiary/aromatic N) is 2. The van der Waals surface area contributed by atoms with E-state index < -0.39 is 4.92 Å². The summed E-state index contributed by atoms with van der Waals surface area (Å²) in [7, 11) is 0. The average Bonchev–Trinajstić information content (AvgIpc) is 2.46. The SMILES string of the molecule is Cc1cccnc1C(Nc1ccc([N+](=O)[O-])cc1)C(C)C. The molecule has 2 rings (SSSR count). The van der Waals surface area contributed by atoms with Gasteiger partial charge < -0.3 is 5.32 Å². The minimum absolute atomic E-state index is 0.0626. The fourth-order valence-corrected chi connectivity index (χ4v) is 2.23. The van der Waals surface area contributed by atoms with Crippen LogP contribution in [-0.4, -0.2) is 9.91 Å². The molecule has 0 aliphatic carbocycles. The quantitative estimate of drug-likeness (QED) is 0.663. The van der Waals surface area contributed by atoms with Crippen molar-refractivity contribution in [3.05, 3.63) is 64.0 Å². The molecule has 0 aliphatic heterocycles. The van der Waals surface area contributed by atoms with Gasteiger partial charge in [0.15, 0.2) is 0 Å². The van der Waals surface area contributed by atoms with Gasteiger partial charge in [0.25, 0.3) is 5.69 Å². The van der Waals surface area contributed by atoms with E-state index in [1.165, 1.54) is 12.1 Å². The van der Waals surface area contributed by atoms with Crippen LogP contribution < -0.4 is 5.32 Å². The van der Waals surface area contributed by atoms with Crippen molar-refractivity contribution in [2.45, 2.75) is 26.8 Å². The fourth-order valence-electron chi connectivity index (χ4n) is 2.23. The molecule has 0 spiro atoms. The molecule has 1 aromatic heterocycles. The van der Waals surface area contributed by atoms with Gasteiger partial charge in [-0.1, -0.05) is 19.9 Å². The zero-order valence-electron chi connectivity index (χ0n) is 12.4. The van der Waals surface area contributed by atoms with E-state index in [4.69, 9.17) is 0 Å². The zero-order valence-corrected chi connectivity index (χ0v) is 12.4. The Bertz CT molecular complexity index is 624. The molecule has 5 heteroatoms. The molecule has 21 heavy (non-hydrogen) atoms. The topological polar surface area (TPSA) is 68.1 Å². The van der Waals surface area contributed by atoms with Crippen LogP contribution in [0.25, 0.3) is 0 Å². The highest BCUT2D eigenvalue weighted by molar-refractivity contribution is 5.50. The molecule has 0 bridgehead atoms. The normalized spacial score (nSPS) is 12.2. The van der Waals surface area contributed by atoms with Gasteiger partial charge >= 0.3 is 0 Å².